The first-order valence-corrected chi connectivity index (χ1v) is 7.31. The van der Waals surface area contributed by atoms with E-state index in [-0.39, 0.29) is 36.2 Å². The van der Waals surface area contributed by atoms with Gasteiger partial charge >= 0.3 is 0 Å². The molecule has 2 amide bonds. The summed E-state index contributed by atoms with van der Waals surface area (Å²) in [6.07, 6.45) is 8.02. The fourth-order valence-electron chi connectivity index (χ4n) is 2.18. The summed E-state index contributed by atoms with van der Waals surface area (Å²) in [6.45, 7) is 5.94. The molecular formula is C15H26N2O2. The number of nitrogens with one attached hydrogen (secondary N) is 2. The van der Waals surface area contributed by atoms with Gasteiger partial charge in [0.25, 0.3) is 0 Å². The molecule has 0 spiro atoms. The van der Waals surface area contributed by atoms with Crippen LogP contribution in [0.2, 0.25) is 0 Å². The van der Waals surface area contributed by atoms with Crippen molar-refractivity contribution in [3.05, 3.63) is 12.2 Å². The van der Waals surface area contributed by atoms with E-state index >= 15 is 0 Å². The molecule has 1 aliphatic heterocycles. The molecule has 0 saturated heterocycles. The van der Waals surface area contributed by atoms with Gasteiger partial charge in [0.05, 0.1) is 0 Å². The van der Waals surface area contributed by atoms with Gasteiger partial charge in [-0.2, -0.15) is 0 Å². The third kappa shape index (κ3) is 5.45. The maximum atomic E-state index is 12.0. The first-order valence-electron chi connectivity index (χ1n) is 7.31. The Balaban J connectivity index is 2.76. The van der Waals surface area contributed by atoms with E-state index in [1.165, 1.54) is 0 Å². The molecule has 2 N–H and O–H groups in total. The molecule has 0 aromatic rings. The molecule has 0 fully saturated rings. The van der Waals surface area contributed by atoms with Gasteiger partial charge in [-0.25, -0.2) is 0 Å². The zero-order valence-corrected chi connectivity index (χ0v) is 12.2. The highest BCUT2D eigenvalue weighted by Gasteiger charge is 2.20. The van der Waals surface area contributed by atoms with Crippen LogP contribution in [0, 0.1) is 5.92 Å². The van der Waals surface area contributed by atoms with Crippen molar-refractivity contribution in [1.29, 1.82) is 0 Å². The Kier molecular flexibility index (Phi) is 6.60. The first-order chi connectivity index (χ1) is 9.06. The van der Waals surface area contributed by atoms with E-state index in [2.05, 4.69) is 36.6 Å². The zero-order valence-electron chi connectivity index (χ0n) is 12.2. The number of amides is 2. The zero-order chi connectivity index (χ0) is 14.3. The molecule has 1 aliphatic rings. The molecule has 4 heteroatoms. The van der Waals surface area contributed by atoms with Crippen molar-refractivity contribution in [2.24, 2.45) is 5.92 Å². The Morgan fingerprint density at radius 2 is 1.58 bits per heavy atom. The molecule has 0 aliphatic carbocycles. The second-order valence-electron chi connectivity index (χ2n) is 5.33. The van der Waals surface area contributed by atoms with Crippen LogP contribution in [0.25, 0.3) is 0 Å². The SMILES string of the molecule is CC[C@H]1C/C=C\C[C@H](CC)NC(=O)[C@H](C)CC(=O)N1. The molecule has 0 unspecified atom stereocenters. The predicted octanol–water partition coefficient (Wildman–Crippen LogP) is 2.15. The van der Waals surface area contributed by atoms with Gasteiger partial charge in [0.2, 0.25) is 11.8 Å². The van der Waals surface area contributed by atoms with Gasteiger partial charge in [0.15, 0.2) is 0 Å². The number of hydrogen-bond donors (Lipinski definition) is 2. The summed E-state index contributed by atoms with van der Waals surface area (Å²) < 4.78 is 0. The van der Waals surface area contributed by atoms with Crippen LogP contribution in [0.3, 0.4) is 0 Å². The van der Waals surface area contributed by atoms with E-state index < -0.39 is 0 Å². The molecular weight excluding hydrogens is 240 g/mol. The maximum Gasteiger partial charge on any atom is 0.223 e. The Labute approximate surface area is 116 Å². The van der Waals surface area contributed by atoms with E-state index in [1.54, 1.807) is 0 Å². The van der Waals surface area contributed by atoms with Crippen molar-refractivity contribution in [1.82, 2.24) is 10.6 Å². The average molecular weight is 266 g/mol. The topological polar surface area (TPSA) is 58.2 Å². The summed E-state index contributed by atoms with van der Waals surface area (Å²) in [5.41, 5.74) is 0. The highest BCUT2D eigenvalue weighted by atomic mass is 16.2. The largest absolute Gasteiger partial charge is 0.353 e. The maximum absolute atomic E-state index is 12.0. The van der Waals surface area contributed by atoms with Crippen LogP contribution in [0.4, 0.5) is 0 Å². The fourth-order valence-corrected chi connectivity index (χ4v) is 2.18. The summed E-state index contributed by atoms with van der Waals surface area (Å²) in [7, 11) is 0. The molecule has 0 saturated carbocycles. The molecule has 4 nitrogen and oxygen atoms in total. The number of carbonyl (C=O) groups is 2. The third-order valence-electron chi connectivity index (χ3n) is 3.64. The van der Waals surface area contributed by atoms with Crippen LogP contribution in [-0.2, 0) is 9.59 Å². The Morgan fingerprint density at radius 3 is 2.11 bits per heavy atom. The monoisotopic (exact) mass is 266 g/mol. The minimum Gasteiger partial charge on any atom is -0.353 e. The quantitative estimate of drug-likeness (QED) is 0.752. The van der Waals surface area contributed by atoms with Crippen molar-refractivity contribution >= 4 is 11.8 Å². The van der Waals surface area contributed by atoms with E-state index in [9.17, 15) is 9.59 Å². The van der Waals surface area contributed by atoms with Gasteiger partial charge in [-0.1, -0.05) is 32.9 Å². The lowest BCUT2D eigenvalue weighted by molar-refractivity contribution is -0.130. The lowest BCUT2D eigenvalue weighted by Gasteiger charge is -2.21. The van der Waals surface area contributed by atoms with Crippen molar-refractivity contribution in [3.8, 4) is 0 Å². The van der Waals surface area contributed by atoms with Crippen molar-refractivity contribution in [2.45, 2.75) is 65.0 Å². The van der Waals surface area contributed by atoms with E-state index in [4.69, 9.17) is 0 Å². The van der Waals surface area contributed by atoms with Crippen molar-refractivity contribution in [2.75, 3.05) is 0 Å². The number of rotatable bonds is 2. The van der Waals surface area contributed by atoms with Crippen LogP contribution in [0.5, 0.6) is 0 Å². The van der Waals surface area contributed by atoms with E-state index in [1.807, 2.05) is 6.92 Å². The second-order valence-corrected chi connectivity index (χ2v) is 5.33. The van der Waals surface area contributed by atoms with Gasteiger partial charge in [0.1, 0.15) is 0 Å². The average Bonchev–Trinajstić information content (AvgIpc) is 2.38. The summed E-state index contributed by atoms with van der Waals surface area (Å²) in [4.78, 5) is 23.8. The lowest BCUT2D eigenvalue weighted by Crippen LogP contribution is -2.41. The highest BCUT2D eigenvalue weighted by Crippen LogP contribution is 2.09. The minimum absolute atomic E-state index is 0.0241. The Hall–Kier alpha value is -1.32. The van der Waals surface area contributed by atoms with Crippen molar-refractivity contribution < 1.29 is 9.59 Å². The summed E-state index contributed by atoms with van der Waals surface area (Å²) in [5.74, 6) is -0.324. The fraction of sp³-hybridized carbons (Fsp3) is 0.733. The summed E-state index contributed by atoms with van der Waals surface area (Å²) >= 11 is 0. The molecule has 0 aromatic carbocycles. The Bertz CT molecular complexity index is 339. The summed E-state index contributed by atoms with van der Waals surface area (Å²) in [6, 6.07) is 0.354. The first kappa shape index (κ1) is 15.7. The van der Waals surface area contributed by atoms with Gasteiger partial charge in [-0.3, -0.25) is 9.59 Å². The minimum atomic E-state index is -0.269. The van der Waals surface area contributed by atoms with Crippen LogP contribution in [0.1, 0.15) is 52.9 Å². The van der Waals surface area contributed by atoms with Crippen LogP contribution < -0.4 is 10.6 Å². The standard InChI is InChI=1S/C15H26N2O2/c1-4-12-8-6-7-9-13(5-2)17-15(19)11(3)10-14(18)16-12/h6-7,11-13H,4-5,8-10H2,1-3H3,(H,16,18)(H,17,19)/b7-6-/t11-,12+,13+/m1/s1. The smallest absolute Gasteiger partial charge is 0.223 e. The number of hydrogen-bond acceptors (Lipinski definition) is 2. The van der Waals surface area contributed by atoms with Gasteiger partial charge in [-0.15, -0.1) is 0 Å². The van der Waals surface area contributed by atoms with Gasteiger partial charge in [0, 0.05) is 24.4 Å². The van der Waals surface area contributed by atoms with Gasteiger partial charge < -0.3 is 10.6 Å². The van der Waals surface area contributed by atoms with Gasteiger partial charge in [-0.05, 0) is 25.7 Å². The molecule has 19 heavy (non-hydrogen) atoms. The lowest BCUT2D eigenvalue weighted by atomic mass is 10.0. The van der Waals surface area contributed by atoms with E-state index in [0.29, 0.717) is 0 Å². The molecule has 0 radical (unpaired) electrons. The second kappa shape index (κ2) is 7.97. The van der Waals surface area contributed by atoms with Crippen molar-refractivity contribution in [3.63, 3.8) is 0 Å². The molecule has 108 valence electrons. The van der Waals surface area contributed by atoms with E-state index in [0.717, 1.165) is 25.7 Å². The third-order valence-corrected chi connectivity index (χ3v) is 3.64. The molecule has 0 bridgehead atoms. The highest BCUT2D eigenvalue weighted by molar-refractivity contribution is 5.85. The van der Waals surface area contributed by atoms with Crippen LogP contribution in [0.15, 0.2) is 12.2 Å². The van der Waals surface area contributed by atoms with Crippen LogP contribution >= 0.6 is 0 Å². The Morgan fingerprint density at radius 1 is 1.05 bits per heavy atom. The number of carbonyl (C=O) groups excluding carboxylic acids is 2. The molecule has 1 heterocycles. The molecule has 3 atom stereocenters. The predicted molar refractivity (Wildman–Crippen MR) is 76.6 cm³/mol. The normalized spacial score (nSPS) is 31.6. The van der Waals surface area contributed by atoms with Crippen LogP contribution in [-0.4, -0.2) is 23.9 Å². The summed E-state index contributed by atoms with van der Waals surface area (Å²) in [5, 5.41) is 6.00. The molecule has 0 aromatic heterocycles. The molecule has 1 rings (SSSR count).